The van der Waals surface area contributed by atoms with Gasteiger partial charge in [-0.05, 0) is 42.3 Å². The van der Waals surface area contributed by atoms with Crippen molar-refractivity contribution in [2.75, 3.05) is 26.2 Å². The number of hydrogen-bond donors (Lipinski definition) is 1. The van der Waals surface area contributed by atoms with E-state index in [9.17, 15) is 0 Å². The van der Waals surface area contributed by atoms with Crippen LogP contribution in [0.4, 0.5) is 0 Å². The van der Waals surface area contributed by atoms with Crippen molar-refractivity contribution < 1.29 is 0 Å². The highest BCUT2D eigenvalue weighted by Crippen LogP contribution is 2.37. The van der Waals surface area contributed by atoms with Crippen LogP contribution >= 0.6 is 48.2 Å². The lowest BCUT2D eigenvalue weighted by molar-refractivity contribution is 0.161. The molecule has 1 atom stereocenters. The highest BCUT2D eigenvalue weighted by Gasteiger charge is 2.24. The molecule has 0 unspecified atom stereocenters. The fraction of sp³-hybridized carbons (Fsp3) is 0.455. The molecule has 1 aliphatic rings. The molecule has 1 saturated heterocycles. The SMILES string of the molecule is CCCCC[C@H](c1ccccc1Sc1ccc(Cl)cc1)N1CCNCC1.Cl.Cl. The van der Waals surface area contributed by atoms with Gasteiger partial charge < -0.3 is 5.32 Å². The van der Waals surface area contributed by atoms with E-state index in [-0.39, 0.29) is 24.8 Å². The van der Waals surface area contributed by atoms with Gasteiger partial charge in [0, 0.05) is 47.0 Å². The highest BCUT2D eigenvalue weighted by atomic mass is 35.5. The monoisotopic (exact) mass is 460 g/mol. The van der Waals surface area contributed by atoms with Crippen LogP contribution in [0.5, 0.6) is 0 Å². The van der Waals surface area contributed by atoms with Crippen molar-refractivity contribution in [2.45, 2.75) is 48.4 Å². The Bertz CT molecular complexity index is 676. The van der Waals surface area contributed by atoms with Gasteiger partial charge in [0.2, 0.25) is 0 Å². The summed E-state index contributed by atoms with van der Waals surface area (Å²) in [5.41, 5.74) is 1.48. The number of piperazine rings is 1. The van der Waals surface area contributed by atoms with Gasteiger partial charge in [0.15, 0.2) is 0 Å². The molecule has 1 fully saturated rings. The minimum atomic E-state index is 0. The second kappa shape index (κ2) is 13.7. The first-order chi connectivity index (χ1) is 12.8. The number of unbranched alkanes of at least 4 members (excludes halogenated alkanes) is 2. The van der Waals surface area contributed by atoms with E-state index in [1.165, 1.54) is 41.0 Å². The van der Waals surface area contributed by atoms with Gasteiger partial charge >= 0.3 is 0 Å². The van der Waals surface area contributed by atoms with E-state index in [2.05, 4.69) is 53.5 Å². The first-order valence-corrected chi connectivity index (χ1v) is 10.9. The van der Waals surface area contributed by atoms with Crippen LogP contribution in [0.15, 0.2) is 58.3 Å². The van der Waals surface area contributed by atoms with Gasteiger partial charge in [0.25, 0.3) is 0 Å². The van der Waals surface area contributed by atoms with Crippen molar-refractivity contribution in [3.63, 3.8) is 0 Å². The summed E-state index contributed by atoms with van der Waals surface area (Å²) >= 11 is 7.90. The van der Waals surface area contributed by atoms with E-state index in [0.29, 0.717) is 6.04 Å². The van der Waals surface area contributed by atoms with Crippen molar-refractivity contribution in [1.82, 2.24) is 10.2 Å². The van der Waals surface area contributed by atoms with Gasteiger partial charge in [0.1, 0.15) is 0 Å². The standard InChI is InChI=1S/C22H29ClN2S.2ClH/c1-2-3-4-8-21(25-16-14-24-15-17-25)20-7-5-6-9-22(20)26-19-12-10-18(23)11-13-19;;/h5-7,9-13,21,24H,2-4,8,14-17H2,1H3;2*1H/t21-;;/m1../s1. The molecule has 0 aromatic heterocycles. The predicted octanol–water partition coefficient (Wildman–Crippen LogP) is 6.86. The lowest BCUT2D eigenvalue weighted by Crippen LogP contribution is -2.45. The number of benzene rings is 2. The van der Waals surface area contributed by atoms with Gasteiger partial charge in [-0.25, -0.2) is 0 Å². The summed E-state index contributed by atoms with van der Waals surface area (Å²) < 4.78 is 0. The summed E-state index contributed by atoms with van der Waals surface area (Å²) in [6.07, 6.45) is 5.13. The van der Waals surface area contributed by atoms with Crippen LogP contribution in [0.2, 0.25) is 5.02 Å². The third-order valence-electron chi connectivity index (χ3n) is 4.99. The van der Waals surface area contributed by atoms with Crippen LogP contribution in [0.3, 0.4) is 0 Å². The van der Waals surface area contributed by atoms with Crippen LogP contribution in [-0.4, -0.2) is 31.1 Å². The third-order valence-corrected chi connectivity index (χ3v) is 6.34. The Morgan fingerprint density at radius 3 is 2.36 bits per heavy atom. The molecule has 0 spiro atoms. The van der Waals surface area contributed by atoms with Crippen molar-refractivity contribution in [1.29, 1.82) is 0 Å². The largest absolute Gasteiger partial charge is 0.314 e. The zero-order valence-corrected chi connectivity index (χ0v) is 19.6. The summed E-state index contributed by atoms with van der Waals surface area (Å²) in [5, 5.41) is 4.28. The van der Waals surface area contributed by atoms with Crippen molar-refractivity contribution in [3.8, 4) is 0 Å². The fourth-order valence-corrected chi connectivity index (χ4v) is 4.72. The molecule has 0 amide bonds. The second-order valence-corrected chi connectivity index (χ2v) is 8.44. The summed E-state index contributed by atoms with van der Waals surface area (Å²) in [7, 11) is 0. The van der Waals surface area contributed by atoms with Crippen molar-refractivity contribution in [3.05, 3.63) is 59.1 Å². The Balaban J connectivity index is 0.00000196. The van der Waals surface area contributed by atoms with Gasteiger partial charge in [-0.3, -0.25) is 4.90 Å². The number of nitrogens with one attached hydrogen (secondary N) is 1. The predicted molar refractivity (Wildman–Crippen MR) is 128 cm³/mol. The number of halogens is 3. The zero-order valence-electron chi connectivity index (χ0n) is 16.4. The van der Waals surface area contributed by atoms with Gasteiger partial charge in [-0.15, -0.1) is 24.8 Å². The molecule has 2 aromatic carbocycles. The molecular weight excluding hydrogens is 431 g/mol. The Labute approximate surface area is 191 Å². The molecule has 0 bridgehead atoms. The molecule has 0 radical (unpaired) electrons. The third kappa shape index (κ3) is 7.44. The van der Waals surface area contributed by atoms with Crippen molar-refractivity contribution in [2.24, 2.45) is 0 Å². The average molecular weight is 462 g/mol. The molecule has 2 nitrogen and oxygen atoms in total. The molecule has 6 heteroatoms. The Hall–Kier alpha value is -0.420. The maximum Gasteiger partial charge on any atom is 0.0406 e. The van der Waals surface area contributed by atoms with Crippen molar-refractivity contribution >= 4 is 48.2 Å². The van der Waals surface area contributed by atoms with Gasteiger partial charge in [-0.2, -0.15) is 0 Å². The lowest BCUT2D eigenvalue weighted by Gasteiger charge is -2.36. The number of hydrogen-bond acceptors (Lipinski definition) is 3. The second-order valence-electron chi connectivity index (χ2n) is 6.89. The summed E-state index contributed by atoms with van der Waals surface area (Å²) in [5.74, 6) is 0. The molecule has 28 heavy (non-hydrogen) atoms. The molecule has 3 rings (SSSR count). The van der Waals surface area contributed by atoms with E-state index in [4.69, 9.17) is 11.6 Å². The maximum absolute atomic E-state index is 6.05. The van der Waals surface area contributed by atoms with E-state index >= 15 is 0 Å². The Kier molecular flexibility index (Phi) is 12.6. The molecule has 156 valence electrons. The van der Waals surface area contributed by atoms with Crippen LogP contribution in [0.1, 0.15) is 44.2 Å². The van der Waals surface area contributed by atoms with Crippen LogP contribution in [-0.2, 0) is 0 Å². The molecule has 1 N–H and O–H groups in total. The smallest absolute Gasteiger partial charge is 0.0406 e. The lowest BCUT2D eigenvalue weighted by atomic mass is 9.98. The highest BCUT2D eigenvalue weighted by molar-refractivity contribution is 7.99. The van der Waals surface area contributed by atoms with Crippen LogP contribution < -0.4 is 5.32 Å². The summed E-state index contributed by atoms with van der Waals surface area (Å²) in [4.78, 5) is 5.29. The van der Waals surface area contributed by atoms with E-state index in [0.717, 1.165) is 31.2 Å². The quantitative estimate of drug-likeness (QED) is 0.432. The first kappa shape index (κ1) is 25.6. The van der Waals surface area contributed by atoms with E-state index in [1.54, 1.807) is 0 Å². The average Bonchev–Trinajstić information content (AvgIpc) is 2.69. The Morgan fingerprint density at radius 1 is 1.00 bits per heavy atom. The number of rotatable bonds is 8. The van der Waals surface area contributed by atoms with E-state index in [1.807, 2.05) is 23.9 Å². The minimum Gasteiger partial charge on any atom is -0.314 e. The van der Waals surface area contributed by atoms with Crippen LogP contribution in [0.25, 0.3) is 0 Å². The summed E-state index contributed by atoms with van der Waals surface area (Å²) in [6.45, 7) is 6.74. The maximum atomic E-state index is 6.05. The normalized spacial score (nSPS) is 15.4. The number of nitrogens with zero attached hydrogens (tertiary/aromatic N) is 1. The molecule has 0 aliphatic carbocycles. The fourth-order valence-electron chi connectivity index (χ4n) is 3.59. The molecular formula is C22H31Cl3N2S. The molecule has 2 aromatic rings. The zero-order chi connectivity index (χ0) is 18.2. The molecule has 1 heterocycles. The minimum absolute atomic E-state index is 0. The van der Waals surface area contributed by atoms with Gasteiger partial charge in [-0.1, -0.05) is 67.7 Å². The van der Waals surface area contributed by atoms with Gasteiger partial charge in [0.05, 0.1) is 0 Å². The first-order valence-electron chi connectivity index (χ1n) is 9.75. The Morgan fingerprint density at radius 2 is 1.68 bits per heavy atom. The topological polar surface area (TPSA) is 15.3 Å². The summed E-state index contributed by atoms with van der Waals surface area (Å²) in [6, 6.07) is 17.6. The molecule has 1 aliphatic heterocycles. The van der Waals surface area contributed by atoms with E-state index < -0.39 is 0 Å². The van der Waals surface area contributed by atoms with Crippen LogP contribution in [0, 0.1) is 0 Å². The molecule has 0 saturated carbocycles.